The van der Waals surface area contributed by atoms with Crippen LogP contribution in [-0.2, 0) is 9.53 Å². The summed E-state index contributed by atoms with van der Waals surface area (Å²) in [6, 6.07) is 0. The summed E-state index contributed by atoms with van der Waals surface area (Å²) in [5, 5.41) is 0. The maximum atomic E-state index is 11.5. The van der Waals surface area contributed by atoms with Gasteiger partial charge in [0.25, 0.3) is 0 Å². The summed E-state index contributed by atoms with van der Waals surface area (Å²) in [4.78, 5) is 11.5. The van der Waals surface area contributed by atoms with Crippen LogP contribution in [0, 0.1) is 23.2 Å². The average Bonchev–Trinajstić information content (AvgIpc) is 3.18. The van der Waals surface area contributed by atoms with Gasteiger partial charge in [0.15, 0.2) is 0 Å². The molecule has 3 atom stereocenters. The van der Waals surface area contributed by atoms with E-state index in [1.165, 1.54) is 12.0 Å². The van der Waals surface area contributed by atoms with Crippen molar-refractivity contribution in [1.82, 2.24) is 0 Å². The predicted molar refractivity (Wildman–Crippen MR) is 73.1 cm³/mol. The highest BCUT2D eigenvalue weighted by molar-refractivity contribution is 5.74. The van der Waals surface area contributed by atoms with E-state index in [2.05, 4.69) is 33.8 Å². The molecule has 2 fully saturated rings. The highest BCUT2D eigenvalue weighted by Crippen LogP contribution is 2.57. The molecule has 0 heterocycles. The van der Waals surface area contributed by atoms with Gasteiger partial charge in [0.1, 0.15) is 0 Å². The molecule has 2 heteroatoms. The summed E-state index contributed by atoms with van der Waals surface area (Å²) in [5.41, 5.74) is 1.64. The van der Waals surface area contributed by atoms with Crippen LogP contribution in [0.3, 0.4) is 0 Å². The molecule has 0 aromatic rings. The fraction of sp³-hybridized carbons (Fsp3) is 0.812. The Kier molecular flexibility index (Phi) is 3.84. The quantitative estimate of drug-likeness (QED) is 0.527. The zero-order chi connectivity index (χ0) is 13.3. The van der Waals surface area contributed by atoms with Gasteiger partial charge in [-0.15, -0.1) is 0 Å². The number of carbonyl (C=O) groups is 1. The topological polar surface area (TPSA) is 26.3 Å². The van der Waals surface area contributed by atoms with Crippen LogP contribution >= 0.6 is 0 Å². The molecular formula is C16H26O2. The van der Waals surface area contributed by atoms with Crippen molar-refractivity contribution in [3.8, 4) is 0 Å². The van der Waals surface area contributed by atoms with Crippen LogP contribution in [0.1, 0.15) is 53.4 Å². The third-order valence-corrected chi connectivity index (χ3v) is 4.46. The van der Waals surface area contributed by atoms with E-state index < -0.39 is 0 Å². The minimum Gasteiger partial charge on any atom is -0.465 e. The summed E-state index contributed by atoms with van der Waals surface area (Å²) >= 11 is 0. The van der Waals surface area contributed by atoms with E-state index >= 15 is 0 Å². The summed E-state index contributed by atoms with van der Waals surface area (Å²) in [6.45, 7) is 9.51. The summed E-state index contributed by atoms with van der Waals surface area (Å²) in [6.07, 6.45) is 6.76. The molecule has 0 N–H and O–H groups in total. The van der Waals surface area contributed by atoms with Gasteiger partial charge in [-0.1, -0.05) is 25.5 Å². The van der Waals surface area contributed by atoms with Crippen molar-refractivity contribution in [3.05, 3.63) is 11.6 Å². The number of carbonyl (C=O) groups excluding carboxylic acids is 1. The fourth-order valence-electron chi connectivity index (χ4n) is 2.76. The smallest absolute Gasteiger partial charge is 0.308 e. The second kappa shape index (κ2) is 5.07. The molecule has 2 rings (SSSR count). The Morgan fingerprint density at radius 2 is 2.11 bits per heavy atom. The van der Waals surface area contributed by atoms with Crippen LogP contribution in [0.15, 0.2) is 11.6 Å². The molecule has 0 unspecified atom stereocenters. The first kappa shape index (κ1) is 13.6. The van der Waals surface area contributed by atoms with Gasteiger partial charge >= 0.3 is 5.97 Å². The highest BCUT2D eigenvalue weighted by atomic mass is 16.5. The fourth-order valence-corrected chi connectivity index (χ4v) is 2.76. The summed E-state index contributed by atoms with van der Waals surface area (Å²) in [5.74, 6) is 1.69. The van der Waals surface area contributed by atoms with Gasteiger partial charge in [-0.2, -0.15) is 0 Å². The van der Waals surface area contributed by atoms with Crippen molar-refractivity contribution in [3.63, 3.8) is 0 Å². The van der Waals surface area contributed by atoms with E-state index in [9.17, 15) is 4.79 Å². The van der Waals surface area contributed by atoms with E-state index in [0.717, 1.165) is 25.2 Å². The van der Waals surface area contributed by atoms with Crippen LogP contribution in [-0.4, -0.2) is 12.6 Å². The van der Waals surface area contributed by atoms with Crippen molar-refractivity contribution < 1.29 is 9.53 Å². The van der Waals surface area contributed by atoms with Gasteiger partial charge in [-0.25, -0.2) is 0 Å². The molecule has 18 heavy (non-hydrogen) atoms. The van der Waals surface area contributed by atoms with Crippen molar-refractivity contribution >= 4 is 5.97 Å². The zero-order valence-electron chi connectivity index (χ0n) is 12.2. The molecule has 0 aromatic carbocycles. The maximum absolute atomic E-state index is 11.5. The second-order valence-electron chi connectivity index (χ2n) is 6.84. The number of hydrogen-bond acceptors (Lipinski definition) is 2. The van der Waals surface area contributed by atoms with Gasteiger partial charge in [-0.05, 0) is 51.4 Å². The first-order valence-corrected chi connectivity index (χ1v) is 7.22. The molecule has 0 aliphatic heterocycles. The third-order valence-electron chi connectivity index (χ3n) is 4.46. The number of allylic oxidation sites excluding steroid dienone is 2. The van der Waals surface area contributed by atoms with Gasteiger partial charge in [-0.3, -0.25) is 4.79 Å². The molecule has 2 aliphatic rings. The van der Waals surface area contributed by atoms with Crippen molar-refractivity contribution in [2.45, 2.75) is 53.4 Å². The number of esters is 1. The molecule has 2 nitrogen and oxygen atoms in total. The Balaban J connectivity index is 1.73. The van der Waals surface area contributed by atoms with Crippen LogP contribution in [0.5, 0.6) is 0 Å². The van der Waals surface area contributed by atoms with Crippen LogP contribution in [0.4, 0.5) is 0 Å². The van der Waals surface area contributed by atoms with Crippen LogP contribution in [0.25, 0.3) is 0 Å². The molecule has 102 valence electrons. The lowest BCUT2D eigenvalue weighted by Crippen LogP contribution is -2.17. The van der Waals surface area contributed by atoms with Crippen LogP contribution in [0.2, 0.25) is 0 Å². The van der Waals surface area contributed by atoms with Crippen molar-refractivity contribution in [1.29, 1.82) is 0 Å². The lowest BCUT2D eigenvalue weighted by molar-refractivity contribution is -0.147. The second-order valence-corrected chi connectivity index (χ2v) is 6.84. The third kappa shape index (κ3) is 3.37. The number of rotatable bonds is 6. The Labute approximate surface area is 111 Å². The molecule has 0 saturated heterocycles. The lowest BCUT2D eigenvalue weighted by atomic mass is 9.94. The van der Waals surface area contributed by atoms with Gasteiger partial charge in [0.2, 0.25) is 0 Å². The minimum atomic E-state index is 0.0406. The molecule has 0 aromatic heterocycles. The van der Waals surface area contributed by atoms with E-state index in [-0.39, 0.29) is 17.3 Å². The molecule has 2 saturated carbocycles. The molecule has 2 aliphatic carbocycles. The number of ether oxygens (including phenoxy) is 1. The van der Waals surface area contributed by atoms with E-state index in [1.807, 2.05) is 0 Å². The molecule has 0 spiro atoms. The average molecular weight is 250 g/mol. The molecule has 0 bridgehead atoms. The Morgan fingerprint density at radius 1 is 1.44 bits per heavy atom. The maximum Gasteiger partial charge on any atom is 0.308 e. The van der Waals surface area contributed by atoms with E-state index in [0.29, 0.717) is 12.5 Å². The molecular weight excluding hydrogens is 224 g/mol. The van der Waals surface area contributed by atoms with Gasteiger partial charge in [0, 0.05) is 5.41 Å². The monoisotopic (exact) mass is 250 g/mol. The minimum absolute atomic E-state index is 0.0406. The Bertz CT molecular complexity index is 350. The summed E-state index contributed by atoms with van der Waals surface area (Å²) < 4.78 is 5.44. The van der Waals surface area contributed by atoms with Gasteiger partial charge < -0.3 is 4.74 Å². The highest BCUT2D eigenvalue weighted by Gasteiger charge is 2.53. The first-order chi connectivity index (χ1) is 8.42. The normalized spacial score (nSPS) is 31.7. The predicted octanol–water partition coefficient (Wildman–Crippen LogP) is 3.96. The van der Waals surface area contributed by atoms with E-state index in [1.54, 1.807) is 0 Å². The van der Waals surface area contributed by atoms with Crippen molar-refractivity contribution in [2.24, 2.45) is 23.2 Å². The molecule has 0 amide bonds. The standard InChI is InChI=1S/C16H26O2/c1-11(2)5-6-12(3)14-9-16(14,4)10-18-15(17)13-7-8-13/h5,12-14H,6-10H2,1-4H3/t12-,14+,16+/m1/s1. The first-order valence-electron chi connectivity index (χ1n) is 7.22. The molecule has 0 radical (unpaired) electrons. The SMILES string of the molecule is CC(C)=CC[C@@H](C)[C@@H]1C[C@@]1(C)COC(=O)C1CC1. The Morgan fingerprint density at radius 3 is 2.67 bits per heavy atom. The lowest BCUT2D eigenvalue weighted by Gasteiger charge is -2.15. The van der Waals surface area contributed by atoms with Crippen molar-refractivity contribution in [2.75, 3.05) is 6.61 Å². The Hall–Kier alpha value is -0.790. The van der Waals surface area contributed by atoms with Crippen LogP contribution < -0.4 is 0 Å². The summed E-state index contributed by atoms with van der Waals surface area (Å²) in [7, 11) is 0. The zero-order valence-corrected chi connectivity index (χ0v) is 12.2. The van der Waals surface area contributed by atoms with Gasteiger partial charge in [0.05, 0.1) is 12.5 Å². The largest absolute Gasteiger partial charge is 0.465 e. The van der Waals surface area contributed by atoms with E-state index in [4.69, 9.17) is 4.74 Å². The number of hydrogen-bond donors (Lipinski definition) is 0.